The van der Waals surface area contributed by atoms with Crippen LogP contribution >= 0.6 is 15.9 Å². The number of hydrogen-bond donors (Lipinski definition) is 2. The molecule has 150 valence electrons. The van der Waals surface area contributed by atoms with Crippen molar-refractivity contribution in [1.29, 1.82) is 0 Å². The second-order valence-electron chi connectivity index (χ2n) is 6.94. The average Bonchev–Trinajstić information content (AvgIpc) is 2.66. The Morgan fingerprint density at radius 1 is 1.14 bits per heavy atom. The number of nitrogens with one attached hydrogen (secondary N) is 1. The van der Waals surface area contributed by atoms with E-state index in [2.05, 4.69) is 35.1 Å². The van der Waals surface area contributed by atoms with E-state index in [9.17, 15) is 14.7 Å². The van der Waals surface area contributed by atoms with Crippen molar-refractivity contribution in [3.63, 3.8) is 0 Å². The number of carbonyl (C=O) groups is 2. The second kappa shape index (κ2) is 10.9. The maximum atomic E-state index is 12.1. The van der Waals surface area contributed by atoms with E-state index in [1.165, 1.54) is 5.56 Å². The molecule has 0 spiro atoms. The zero-order valence-corrected chi connectivity index (χ0v) is 17.7. The van der Waals surface area contributed by atoms with Crippen LogP contribution in [0.2, 0.25) is 0 Å². The van der Waals surface area contributed by atoms with Crippen molar-refractivity contribution in [2.24, 2.45) is 0 Å². The Morgan fingerprint density at radius 2 is 1.86 bits per heavy atom. The van der Waals surface area contributed by atoms with Crippen molar-refractivity contribution in [2.75, 3.05) is 6.61 Å². The highest BCUT2D eigenvalue weighted by Gasteiger charge is 2.20. The van der Waals surface area contributed by atoms with Crippen molar-refractivity contribution in [3.05, 3.63) is 64.1 Å². The normalized spacial score (nSPS) is 11.9. The quantitative estimate of drug-likeness (QED) is 0.524. The summed E-state index contributed by atoms with van der Waals surface area (Å²) in [4.78, 5) is 23.5. The molecule has 1 amide bonds. The summed E-state index contributed by atoms with van der Waals surface area (Å²) in [5.41, 5.74) is 2.09. The van der Waals surface area contributed by atoms with Crippen molar-refractivity contribution >= 4 is 27.8 Å². The third-order valence-electron chi connectivity index (χ3n) is 4.34. The molecule has 0 aromatic heterocycles. The summed E-state index contributed by atoms with van der Waals surface area (Å²) < 4.78 is 6.61. The van der Waals surface area contributed by atoms with Gasteiger partial charge in [0.1, 0.15) is 11.8 Å². The molecule has 0 aliphatic carbocycles. The van der Waals surface area contributed by atoms with Gasteiger partial charge in [-0.25, -0.2) is 4.79 Å². The van der Waals surface area contributed by atoms with Crippen LogP contribution in [0.4, 0.5) is 0 Å². The molecule has 0 saturated carbocycles. The van der Waals surface area contributed by atoms with Crippen molar-refractivity contribution in [2.45, 2.75) is 45.1 Å². The number of carboxylic acid groups (broad SMARTS) is 1. The SMILES string of the molecule is CC(C)c1ccc(OCCCC(=O)NC(Cc2ccccc2)C(=O)O)c(Br)c1. The summed E-state index contributed by atoms with van der Waals surface area (Å²) in [6.07, 6.45) is 0.968. The topological polar surface area (TPSA) is 75.6 Å². The fraction of sp³-hybridized carbons (Fsp3) is 0.364. The molecule has 0 saturated heterocycles. The highest BCUT2D eigenvalue weighted by Crippen LogP contribution is 2.29. The number of halogens is 1. The third kappa shape index (κ3) is 7.00. The minimum absolute atomic E-state index is 0.209. The maximum Gasteiger partial charge on any atom is 0.326 e. The van der Waals surface area contributed by atoms with E-state index in [-0.39, 0.29) is 18.7 Å². The first-order chi connectivity index (χ1) is 13.4. The van der Waals surface area contributed by atoms with Crippen LogP contribution in [-0.4, -0.2) is 29.6 Å². The Morgan fingerprint density at radius 3 is 2.46 bits per heavy atom. The average molecular weight is 448 g/mol. The van der Waals surface area contributed by atoms with E-state index < -0.39 is 12.0 Å². The zero-order valence-electron chi connectivity index (χ0n) is 16.2. The Bertz CT molecular complexity index is 792. The van der Waals surface area contributed by atoms with Crippen molar-refractivity contribution in [1.82, 2.24) is 5.32 Å². The first-order valence-electron chi connectivity index (χ1n) is 9.35. The fourth-order valence-electron chi connectivity index (χ4n) is 2.72. The summed E-state index contributed by atoms with van der Waals surface area (Å²) in [6, 6.07) is 14.3. The Labute approximate surface area is 174 Å². The number of aliphatic carboxylic acids is 1. The summed E-state index contributed by atoms with van der Waals surface area (Å²) in [5, 5.41) is 11.9. The number of ether oxygens (including phenoxy) is 1. The molecular formula is C22H26BrNO4. The van der Waals surface area contributed by atoms with Crippen LogP contribution in [0.1, 0.15) is 43.7 Å². The lowest BCUT2D eigenvalue weighted by molar-refractivity contribution is -0.141. The Kier molecular flexibility index (Phi) is 8.51. The van der Waals surface area contributed by atoms with Gasteiger partial charge in [0.05, 0.1) is 11.1 Å². The molecule has 0 radical (unpaired) electrons. The minimum atomic E-state index is -1.04. The fourth-order valence-corrected chi connectivity index (χ4v) is 3.24. The van der Waals surface area contributed by atoms with Crippen LogP contribution in [0, 0.1) is 0 Å². The molecule has 1 unspecified atom stereocenters. The van der Waals surface area contributed by atoms with Gasteiger partial charge in [-0.2, -0.15) is 0 Å². The van der Waals surface area contributed by atoms with Gasteiger partial charge in [-0.05, 0) is 51.5 Å². The van der Waals surface area contributed by atoms with Crippen molar-refractivity contribution in [3.8, 4) is 5.75 Å². The molecule has 1 atom stereocenters. The van der Waals surface area contributed by atoms with Crippen LogP contribution in [-0.2, 0) is 16.0 Å². The smallest absolute Gasteiger partial charge is 0.326 e. The maximum absolute atomic E-state index is 12.1. The minimum Gasteiger partial charge on any atom is -0.492 e. The molecule has 0 bridgehead atoms. The number of hydrogen-bond acceptors (Lipinski definition) is 3. The summed E-state index contributed by atoms with van der Waals surface area (Å²) in [5.74, 6) is -0.159. The lowest BCUT2D eigenvalue weighted by atomic mass is 10.0. The van der Waals surface area contributed by atoms with Gasteiger partial charge in [-0.15, -0.1) is 0 Å². The van der Waals surface area contributed by atoms with E-state index in [0.717, 1.165) is 15.8 Å². The number of carbonyl (C=O) groups excluding carboxylic acids is 1. The molecule has 28 heavy (non-hydrogen) atoms. The van der Waals surface area contributed by atoms with Gasteiger partial charge in [0, 0.05) is 12.8 Å². The largest absolute Gasteiger partial charge is 0.492 e. The monoisotopic (exact) mass is 447 g/mol. The van der Waals surface area contributed by atoms with E-state index in [4.69, 9.17) is 4.74 Å². The summed E-state index contributed by atoms with van der Waals surface area (Å²) in [6.45, 7) is 4.63. The molecule has 2 N–H and O–H groups in total. The second-order valence-corrected chi connectivity index (χ2v) is 7.80. The van der Waals surface area contributed by atoms with E-state index in [1.54, 1.807) is 0 Å². The van der Waals surface area contributed by atoms with Crippen LogP contribution in [0.5, 0.6) is 5.75 Å². The summed E-state index contributed by atoms with van der Waals surface area (Å²) in [7, 11) is 0. The number of amides is 1. The zero-order chi connectivity index (χ0) is 20.5. The van der Waals surface area contributed by atoms with E-state index in [1.807, 2.05) is 48.5 Å². The van der Waals surface area contributed by atoms with E-state index >= 15 is 0 Å². The standard InChI is InChI=1S/C22H26BrNO4/c1-15(2)17-10-11-20(18(23)14-17)28-12-6-9-21(25)24-19(22(26)27)13-16-7-4-3-5-8-16/h3-5,7-8,10-11,14-15,19H,6,9,12-13H2,1-2H3,(H,24,25)(H,26,27). The highest BCUT2D eigenvalue weighted by molar-refractivity contribution is 9.10. The molecule has 5 nitrogen and oxygen atoms in total. The third-order valence-corrected chi connectivity index (χ3v) is 4.96. The molecule has 0 heterocycles. The van der Waals surface area contributed by atoms with Crippen LogP contribution in [0.15, 0.2) is 53.0 Å². The van der Waals surface area contributed by atoms with Crippen LogP contribution in [0.3, 0.4) is 0 Å². The predicted octanol–water partition coefficient (Wildman–Crippen LogP) is 4.54. The molecule has 0 aliphatic heterocycles. The molecular weight excluding hydrogens is 422 g/mol. The van der Waals surface area contributed by atoms with Gasteiger partial charge in [0.25, 0.3) is 0 Å². The lowest BCUT2D eigenvalue weighted by Gasteiger charge is -2.15. The molecule has 2 aromatic rings. The van der Waals surface area contributed by atoms with Gasteiger partial charge >= 0.3 is 5.97 Å². The van der Waals surface area contributed by atoms with E-state index in [0.29, 0.717) is 18.9 Å². The first kappa shape index (κ1) is 22.0. The van der Waals surface area contributed by atoms with Gasteiger partial charge in [0.15, 0.2) is 0 Å². The predicted molar refractivity (Wildman–Crippen MR) is 113 cm³/mol. The number of benzene rings is 2. The Hall–Kier alpha value is -2.34. The van der Waals surface area contributed by atoms with Gasteiger partial charge in [-0.1, -0.05) is 50.2 Å². The van der Waals surface area contributed by atoms with Gasteiger partial charge in [0.2, 0.25) is 5.91 Å². The van der Waals surface area contributed by atoms with Crippen LogP contribution in [0.25, 0.3) is 0 Å². The Balaban J connectivity index is 1.77. The highest BCUT2D eigenvalue weighted by atomic mass is 79.9. The van der Waals surface area contributed by atoms with Crippen LogP contribution < -0.4 is 10.1 Å². The number of carboxylic acids is 1. The lowest BCUT2D eigenvalue weighted by Crippen LogP contribution is -2.42. The molecule has 6 heteroatoms. The van der Waals surface area contributed by atoms with Gasteiger partial charge < -0.3 is 15.2 Å². The molecule has 2 aromatic carbocycles. The molecule has 0 aliphatic rings. The summed E-state index contributed by atoms with van der Waals surface area (Å²) >= 11 is 3.51. The van der Waals surface area contributed by atoms with Crippen molar-refractivity contribution < 1.29 is 19.4 Å². The number of rotatable bonds is 10. The first-order valence-corrected chi connectivity index (χ1v) is 10.1. The molecule has 0 fully saturated rings. The molecule has 2 rings (SSSR count). The van der Waals surface area contributed by atoms with Gasteiger partial charge in [-0.3, -0.25) is 4.79 Å².